The second-order valence-electron chi connectivity index (χ2n) is 8.70. The Morgan fingerprint density at radius 2 is 1.95 bits per heavy atom. The van der Waals surface area contributed by atoms with E-state index in [9.17, 15) is 5.11 Å². The summed E-state index contributed by atoms with van der Waals surface area (Å²) in [4.78, 5) is 0. The number of ether oxygens (including phenoxy) is 2. The molecule has 0 aromatic rings. The molecule has 2 saturated heterocycles. The van der Waals surface area contributed by atoms with Crippen LogP contribution in [0.2, 0.25) is 0 Å². The van der Waals surface area contributed by atoms with E-state index in [0.717, 1.165) is 18.8 Å². The van der Waals surface area contributed by atoms with Gasteiger partial charge in [0.05, 0.1) is 23.9 Å². The summed E-state index contributed by atoms with van der Waals surface area (Å²) in [5.41, 5.74) is 0.493. The number of aliphatic hydroxyl groups excluding tert-OH is 1. The van der Waals surface area contributed by atoms with Crippen LogP contribution in [-0.4, -0.2) is 35.6 Å². The van der Waals surface area contributed by atoms with Gasteiger partial charge >= 0.3 is 0 Å². The van der Waals surface area contributed by atoms with Crippen molar-refractivity contribution < 1.29 is 14.6 Å². The second kappa shape index (κ2) is 4.69. The van der Waals surface area contributed by atoms with E-state index in [2.05, 4.69) is 20.8 Å². The molecule has 3 heteroatoms. The lowest BCUT2D eigenvalue weighted by Crippen LogP contribution is -2.39. The zero-order valence-electron chi connectivity index (χ0n) is 13.7. The largest absolute Gasteiger partial charge is 0.396 e. The molecule has 3 nitrogen and oxygen atoms in total. The summed E-state index contributed by atoms with van der Waals surface area (Å²) >= 11 is 0. The number of hydrogen-bond donors (Lipinski definition) is 1. The molecular formula is C18H30O3. The highest BCUT2D eigenvalue weighted by Crippen LogP contribution is 2.62. The number of rotatable bonds is 5. The van der Waals surface area contributed by atoms with Crippen molar-refractivity contribution in [2.24, 2.45) is 23.2 Å². The molecule has 0 radical (unpaired) electrons. The van der Waals surface area contributed by atoms with Gasteiger partial charge in [-0.3, -0.25) is 0 Å². The quantitative estimate of drug-likeness (QED) is 0.792. The lowest BCUT2D eigenvalue weighted by Gasteiger charge is -2.42. The van der Waals surface area contributed by atoms with Gasteiger partial charge in [0.15, 0.2) is 0 Å². The van der Waals surface area contributed by atoms with E-state index in [-0.39, 0.29) is 5.60 Å². The first-order valence-electron chi connectivity index (χ1n) is 8.90. The van der Waals surface area contributed by atoms with Crippen LogP contribution in [0.3, 0.4) is 0 Å². The lowest BCUT2D eigenvalue weighted by atomic mass is 9.62. The molecule has 4 fully saturated rings. The zero-order chi connectivity index (χ0) is 14.8. The third-order valence-corrected chi connectivity index (χ3v) is 7.24. The molecule has 2 heterocycles. The average Bonchev–Trinajstić information content (AvgIpc) is 3.30. The lowest BCUT2D eigenvalue weighted by molar-refractivity contribution is 0.0433. The normalized spacial score (nSPS) is 51.1. The van der Waals surface area contributed by atoms with Gasteiger partial charge in [0.25, 0.3) is 0 Å². The maximum absolute atomic E-state index is 9.96. The molecule has 0 aromatic heterocycles. The maximum Gasteiger partial charge on any atom is 0.0892 e. The van der Waals surface area contributed by atoms with E-state index >= 15 is 0 Å². The molecular weight excluding hydrogens is 264 g/mol. The molecule has 0 aromatic carbocycles. The van der Waals surface area contributed by atoms with E-state index in [4.69, 9.17) is 9.47 Å². The Morgan fingerprint density at radius 1 is 1.19 bits per heavy atom. The third kappa shape index (κ3) is 2.27. The molecule has 4 rings (SSSR count). The Kier molecular flexibility index (Phi) is 3.23. The van der Waals surface area contributed by atoms with Gasteiger partial charge in [-0.2, -0.15) is 0 Å². The first-order chi connectivity index (χ1) is 9.95. The topological polar surface area (TPSA) is 45.3 Å². The fourth-order valence-electron chi connectivity index (χ4n) is 5.70. The highest BCUT2D eigenvalue weighted by Gasteiger charge is 2.61. The van der Waals surface area contributed by atoms with Crippen molar-refractivity contribution in [2.45, 2.75) is 83.2 Å². The van der Waals surface area contributed by atoms with Crippen LogP contribution in [0.25, 0.3) is 0 Å². The molecule has 4 aliphatic rings. The van der Waals surface area contributed by atoms with Crippen LogP contribution >= 0.6 is 0 Å². The van der Waals surface area contributed by atoms with E-state index < -0.39 is 0 Å². The average molecular weight is 294 g/mol. The summed E-state index contributed by atoms with van der Waals surface area (Å²) in [5.74, 6) is 1.89. The Morgan fingerprint density at radius 3 is 2.62 bits per heavy atom. The van der Waals surface area contributed by atoms with Crippen molar-refractivity contribution in [3.8, 4) is 0 Å². The summed E-state index contributed by atoms with van der Waals surface area (Å²) in [6.45, 7) is 7.16. The third-order valence-electron chi connectivity index (χ3n) is 7.24. The Labute approximate surface area is 128 Å². The SMILES string of the molecule is CC1(C)OC1CC[C@H](CO)[C@H]1CC[C@H]2C3OC3CC[C@]12C. The standard InChI is InChI=1S/C18H30O3/c1-17(2)15(21-17)7-4-11(10-19)12-5-6-13-16-14(20-16)8-9-18(12,13)3/h11-16,19H,4-10H2,1-3H3/t11-,12-,13+,14?,15?,16?,18-/m1/s1. The number of hydrogen-bond acceptors (Lipinski definition) is 3. The monoisotopic (exact) mass is 294 g/mol. The maximum atomic E-state index is 9.96. The van der Waals surface area contributed by atoms with Crippen LogP contribution in [0.4, 0.5) is 0 Å². The van der Waals surface area contributed by atoms with Crippen molar-refractivity contribution in [2.75, 3.05) is 6.61 Å². The fraction of sp³-hybridized carbons (Fsp3) is 1.00. The summed E-state index contributed by atoms with van der Waals surface area (Å²) in [6.07, 6.45) is 8.91. The molecule has 21 heavy (non-hydrogen) atoms. The summed E-state index contributed by atoms with van der Waals surface area (Å²) in [7, 11) is 0. The first kappa shape index (κ1) is 14.5. The van der Waals surface area contributed by atoms with Gasteiger partial charge in [-0.1, -0.05) is 6.92 Å². The van der Waals surface area contributed by atoms with Crippen LogP contribution in [-0.2, 0) is 9.47 Å². The second-order valence-corrected chi connectivity index (χ2v) is 8.70. The minimum Gasteiger partial charge on any atom is -0.396 e. The van der Waals surface area contributed by atoms with Crippen molar-refractivity contribution in [3.63, 3.8) is 0 Å². The van der Waals surface area contributed by atoms with Crippen LogP contribution in [0.15, 0.2) is 0 Å². The number of fused-ring (bicyclic) bond motifs is 3. The molecule has 2 saturated carbocycles. The molecule has 0 spiro atoms. The van der Waals surface area contributed by atoms with Gasteiger partial charge in [0.1, 0.15) is 0 Å². The number of epoxide rings is 2. The summed E-state index contributed by atoms with van der Waals surface area (Å²) in [5, 5.41) is 9.96. The minimum atomic E-state index is 0.0853. The van der Waals surface area contributed by atoms with E-state index in [0.29, 0.717) is 42.2 Å². The number of aliphatic hydroxyl groups is 1. The van der Waals surface area contributed by atoms with E-state index in [1.54, 1.807) is 0 Å². The highest BCUT2D eigenvalue weighted by atomic mass is 16.6. The minimum absolute atomic E-state index is 0.0853. The van der Waals surface area contributed by atoms with E-state index in [1.165, 1.54) is 25.7 Å². The molecule has 120 valence electrons. The first-order valence-corrected chi connectivity index (χ1v) is 8.90. The molecule has 7 atom stereocenters. The van der Waals surface area contributed by atoms with Crippen LogP contribution < -0.4 is 0 Å². The Hall–Kier alpha value is -0.120. The van der Waals surface area contributed by atoms with Crippen LogP contribution in [0.1, 0.15) is 59.3 Å². The molecule has 0 bridgehead atoms. The smallest absolute Gasteiger partial charge is 0.0892 e. The van der Waals surface area contributed by atoms with Gasteiger partial charge in [-0.25, -0.2) is 0 Å². The summed E-state index contributed by atoms with van der Waals surface area (Å²) < 4.78 is 11.6. The van der Waals surface area contributed by atoms with Gasteiger partial charge in [-0.05, 0) is 75.5 Å². The summed E-state index contributed by atoms with van der Waals surface area (Å²) in [6, 6.07) is 0. The molecule has 2 aliphatic carbocycles. The zero-order valence-corrected chi connectivity index (χ0v) is 13.7. The van der Waals surface area contributed by atoms with Crippen LogP contribution in [0.5, 0.6) is 0 Å². The Balaban J connectivity index is 1.41. The molecule has 0 amide bonds. The van der Waals surface area contributed by atoms with Gasteiger partial charge in [0.2, 0.25) is 0 Å². The Bertz CT molecular complexity index is 421. The van der Waals surface area contributed by atoms with Crippen molar-refractivity contribution in [1.82, 2.24) is 0 Å². The van der Waals surface area contributed by atoms with Crippen molar-refractivity contribution >= 4 is 0 Å². The van der Waals surface area contributed by atoms with Crippen molar-refractivity contribution in [3.05, 3.63) is 0 Å². The highest BCUT2D eigenvalue weighted by molar-refractivity contribution is 5.10. The fourth-order valence-corrected chi connectivity index (χ4v) is 5.70. The van der Waals surface area contributed by atoms with Gasteiger partial charge < -0.3 is 14.6 Å². The molecule has 3 unspecified atom stereocenters. The molecule has 1 N–H and O–H groups in total. The van der Waals surface area contributed by atoms with Gasteiger partial charge in [0, 0.05) is 6.61 Å². The molecule has 2 aliphatic heterocycles. The van der Waals surface area contributed by atoms with Crippen LogP contribution in [0, 0.1) is 23.2 Å². The predicted octanol–water partition coefficient (Wildman–Crippen LogP) is 3.15. The van der Waals surface area contributed by atoms with Crippen molar-refractivity contribution in [1.29, 1.82) is 0 Å². The van der Waals surface area contributed by atoms with E-state index in [1.807, 2.05) is 0 Å². The predicted molar refractivity (Wildman–Crippen MR) is 81.0 cm³/mol. The van der Waals surface area contributed by atoms with Gasteiger partial charge in [-0.15, -0.1) is 0 Å².